The number of imidazole rings is 1. The molecule has 2 aromatic rings. The van der Waals surface area contributed by atoms with Crippen LogP contribution < -0.4 is 5.73 Å². The largest absolute Gasteiger partial charge is 0.326 e. The van der Waals surface area contributed by atoms with Crippen LogP contribution in [0.4, 0.5) is 4.39 Å². The number of benzene rings is 1. The lowest BCUT2D eigenvalue weighted by molar-refractivity contribution is 0.614. The maximum Gasteiger partial charge on any atom is 0.147 e. The lowest BCUT2D eigenvalue weighted by atomic mass is 10.2. The molecule has 3 nitrogen and oxygen atoms in total. The van der Waals surface area contributed by atoms with Crippen molar-refractivity contribution in [2.75, 3.05) is 0 Å². The Balaban J connectivity index is 2.50. The molecule has 4 heteroatoms. The van der Waals surface area contributed by atoms with Gasteiger partial charge in [-0.15, -0.1) is 0 Å². The monoisotopic (exact) mass is 205 g/mol. The Labute approximate surface area is 87.4 Å². The number of hydrogen-bond donors (Lipinski definition) is 1. The van der Waals surface area contributed by atoms with E-state index < -0.39 is 0 Å². The summed E-state index contributed by atoms with van der Waals surface area (Å²) in [5.41, 5.74) is 6.72. The molecule has 0 amide bonds. The van der Waals surface area contributed by atoms with Crippen molar-refractivity contribution in [2.45, 2.75) is 13.5 Å². The van der Waals surface area contributed by atoms with E-state index in [0.29, 0.717) is 12.2 Å². The molecule has 0 saturated carbocycles. The van der Waals surface area contributed by atoms with Gasteiger partial charge in [0.15, 0.2) is 0 Å². The lowest BCUT2D eigenvalue weighted by Crippen LogP contribution is -2.02. The fourth-order valence-electron chi connectivity index (χ4n) is 1.51. The third kappa shape index (κ3) is 1.76. The molecule has 0 unspecified atom stereocenters. The summed E-state index contributed by atoms with van der Waals surface area (Å²) in [6.45, 7) is 2.18. The van der Waals surface area contributed by atoms with Crippen LogP contribution in [0.5, 0.6) is 0 Å². The quantitative estimate of drug-likeness (QED) is 0.812. The minimum absolute atomic E-state index is 0.279. The number of aromatic nitrogens is 2. The van der Waals surface area contributed by atoms with Crippen LogP contribution in [-0.2, 0) is 6.54 Å². The molecule has 1 aromatic carbocycles. The van der Waals surface area contributed by atoms with Crippen molar-refractivity contribution in [3.63, 3.8) is 0 Å². The van der Waals surface area contributed by atoms with Crippen LogP contribution in [0, 0.1) is 12.7 Å². The van der Waals surface area contributed by atoms with Crippen molar-refractivity contribution in [1.82, 2.24) is 9.55 Å². The van der Waals surface area contributed by atoms with Gasteiger partial charge in [-0.1, -0.05) is 6.07 Å². The molecule has 0 aliphatic carbocycles. The fraction of sp³-hybridized carbons (Fsp3) is 0.182. The maximum atomic E-state index is 13.7. The second-order valence-electron chi connectivity index (χ2n) is 3.33. The predicted octanol–water partition coefficient (Wildman–Crippen LogP) is 1.78. The summed E-state index contributed by atoms with van der Waals surface area (Å²) in [6, 6.07) is 4.98. The Hall–Kier alpha value is -1.68. The minimum atomic E-state index is -0.279. The molecular formula is C11H12FN3. The Morgan fingerprint density at radius 2 is 2.27 bits per heavy atom. The first-order chi connectivity index (χ1) is 7.22. The third-order valence-electron chi connectivity index (χ3n) is 2.33. The van der Waals surface area contributed by atoms with Crippen molar-refractivity contribution < 1.29 is 4.39 Å². The van der Waals surface area contributed by atoms with E-state index in [2.05, 4.69) is 4.98 Å². The van der Waals surface area contributed by atoms with Crippen LogP contribution in [0.3, 0.4) is 0 Å². The summed E-state index contributed by atoms with van der Waals surface area (Å²) >= 11 is 0. The average Bonchev–Trinajstić information content (AvgIpc) is 2.64. The summed E-state index contributed by atoms with van der Waals surface area (Å²) in [5.74, 6) is 0.480. The highest BCUT2D eigenvalue weighted by atomic mass is 19.1. The molecule has 1 heterocycles. The Bertz CT molecular complexity index is 476. The van der Waals surface area contributed by atoms with Crippen molar-refractivity contribution in [2.24, 2.45) is 5.73 Å². The highest BCUT2D eigenvalue weighted by molar-refractivity contribution is 5.37. The van der Waals surface area contributed by atoms with E-state index in [0.717, 1.165) is 11.4 Å². The number of nitrogens with zero attached hydrogens (tertiary/aromatic N) is 2. The SMILES string of the molecule is Cc1nccn1-c1ccc(CN)cc1F. The molecule has 0 aliphatic heterocycles. The number of rotatable bonds is 2. The molecule has 0 bridgehead atoms. The van der Waals surface area contributed by atoms with Gasteiger partial charge in [0.05, 0.1) is 5.69 Å². The molecule has 78 valence electrons. The first kappa shape index (κ1) is 9.86. The molecule has 0 saturated heterocycles. The van der Waals surface area contributed by atoms with Gasteiger partial charge in [-0.2, -0.15) is 0 Å². The normalized spacial score (nSPS) is 10.6. The molecule has 0 atom stereocenters. The number of hydrogen-bond acceptors (Lipinski definition) is 2. The number of aryl methyl sites for hydroxylation is 1. The highest BCUT2D eigenvalue weighted by Crippen LogP contribution is 2.16. The molecule has 0 fully saturated rings. The Morgan fingerprint density at radius 3 is 2.80 bits per heavy atom. The number of nitrogens with two attached hydrogens (primary N) is 1. The molecular weight excluding hydrogens is 193 g/mol. The summed E-state index contributed by atoms with van der Waals surface area (Å²) in [7, 11) is 0. The minimum Gasteiger partial charge on any atom is -0.326 e. The van der Waals surface area contributed by atoms with Crippen LogP contribution >= 0.6 is 0 Å². The Morgan fingerprint density at radius 1 is 1.47 bits per heavy atom. The maximum absolute atomic E-state index is 13.7. The van der Waals surface area contributed by atoms with Gasteiger partial charge in [0.2, 0.25) is 0 Å². The second-order valence-corrected chi connectivity index (χ2v) is 3.33. The van der Waals surface area contributed by atoms with E-state index in [9.17, 15) is 4.39 Å². The highest BCUT2D eigenvalue weighted by Gasteiger charge is 2.06. The summed E-state index contributed by atoms with van der Waals surface area (Å²) in [5, 5.41) is 0. The van der Waals surface area contributed by atoms with Crippen molar-refractivity contribution >= 4 is 0 Å². The molecule has 2 rings (SSSR count). The zero-order valence-electron chi connectivity index (χ0n) is 8.44. The van der Waals surface area contributed by atoms with E-state index in [-0.39, 0.29) is 5.82 Å². The van der Waals surface area contributed by atoms with E-state index in [1.807, 2.05) is 13.0 Å². The van der Waals surface area contributed by atoms with Gasteiger partial charge in [0.1, 0.15) is 11.6 Å². The van der Waals surface area contributed by atoms with Crippen LogP contribution in [-0.4, -0.2) is 9.55 Å². The van der Waals surface area contributed by atoms with Gasteiger partial charge in [-0.25, -0.2) is 9.37 Å². The smallest absolute Gasteiger partial charge is 0.147 e. The second kappa shape index (κ2) is 3.82. The van der Waals surface area contributed by atoms with Crippen molar-refractivity contribution in [1.29, 1.82) is 0 Å². The first-order valence-electron chi connectivity index (χ1n) is 4.71. The van der Waals surface area contributed by atoms with Gasteiger partial charge in [-0.3, -0.25) is 0 Å². The van der Waals surface area contributed by atoms with Gasteiger partial charge in [-0.05, 0) is 24.6 Å². The summed E-state index contributed by atoms with van der Waals surface area (Å²) in [6.07, 6.45) is 3.38. The molecule has 1 aromatic heterocycles. The standard InChI is InChI=1S/C11H12FN3/c1-8-14-4-5-15(8)11-3-2-9(7-13)6-10(11)12/h2-6H,7,13H2,1H3. The summed E-state index contributed by atoms with van der Waals surface area (Å²) < 4.78 is 15.4. The average molecular weight is 205 g/mol. The molecule has 0 radical (unpaired) electrons. The van der Waals surface area contributed by atoms with E-state index in [1.54, 1.807) is 23.0 Å². The Kier molecular flexibility index (Phi) is 2.51. The zero-order valence-corrected chi connectivity index (χ0v) is 8.44. The van der Waals surface area contributed by atoms with Gasteiger partial charge < -0.3 is 10.3 Å². The molecule has 0 spiro atoms. The molecule has 15 heavy (non-hydrogen) atoms. The van der Waals surface area contributed by atoms with Gasteiger partial charge in [0.25, 0.3) is 0 Å². The van der Waals surface area contributed by atoms with Gasteiger partial charge in [0, 0.05) is 18.9 Å². The fourth-order valence-corrected chi connectivity index (χ4v) is 1.51. The first-order valence-corrected chi connectivity index (χ1v) is 4.71. The van der Waals surface area contributed by atoms with E-state index >= 15 is 0 Å². The zero-order chi connectivity index (χ0) is 10.8. The topological polar surface area (TPSA) is 43.8 Å². The van der Waals surface area contributed by atoms with Gasteiger partial charge >= 0.3 is 0 Å². The molecule has 2 N–H and O–H groups in total. The van der Waals surface area contributed by atoms with Crippen LogP contribution in [0.1, 0.15) is 11.4 Å². The van der Waals surface area contributed by atoms with Crippen LogP contribution in [0.2, 0.25) is 0 Å². The third-order valence-corrected chi connectivity index (χ3v) is 2.33. The lowest BCUT2D eigenvalue weighted by Gasteiger charge is -2.07. The van der Waals surface area contributed by atoms with Crippen LogP contribution in [0.25, 0.3) is 5.69 Å². The summed E-state index contributed by atoms with van der Waals surface area (Å²) in [4.78, 5) is 4.05. The van der Waals surface area contributed by atoms with Crippen molar-refractivity contribution in [3.8, 4) is 5.69 Å². The van der Waals surface area contributed by atoms with E-state index in [4.69, 9.17) is 5.73 Å². The predicted molar refractivity (Wildman–Crippen MR) is 56.2 cm³/mol. The van der Waals surface area contributed by atoms with Crippen LogP contribution in [0.15, 0.2) is 30.6 Å². The molecule has 0 aliphatic rings. The van der Waals surface area contributed by atoms with E-state index in [1.165, 1.54) is 6.07 Å². The number of halogens is 1. The van der Waals surface area contributed by atoms with Crippen molar-refractivity contribution in [3.05, 3.63) is 47.8 Å².